The van der Waals surface area contributed by atoms with Gasteiger partial charge in [0.1, 0.15) is 11.5 Å². The lowest BCUT2D eigenvalue weighted by Gasteiger charge is -2.27. The van der Waals surface area contributed by atoms with Crippen molar-refractivity contribution in [1.82, 2.24) is 4.90 Å². The van der Waals surface area contributed by atoms with Crippen molar-refractivity contribution in [1.29, 1.82) is 0 Å². The van der Waals surface area contributed by atoms with Gasteiger partial charge in [0.2, 0.25) is 0 Å². The maximum absolute atomic E-state index is 13.5. The molecule has 0 radical (unpaired) electrons. The summed E-state index contributed by atoms with van der Waals surface area (Å²) in [6.45, 7) is 0. The Balaban J connectivity index is 1.85. The van der Waals surface area contributed by atoms with Gasteiger partial charge in [-0.2, -0.15) is 0 Å². The van der Waals surface area contributed by atoms with Crippen LogP contribution in [0.15, 0.2) is 71.7 Å². The van der Waals surface area contributed by atoms with Crippen LogP contribution in [0.4, 0.5) is 13.2 Å². The predicted octanol–water partition coefficient (Wildman–Crippen LogP) is 3.34. The lowest BCUT2D eigenvalue weighted by molar-refractivity contribution is -0.274. The van der Waals surface area contributed by atoms with Gasteiger partial charge < -0.3 is 19.8 Å². The summed E-state index contributed by atoms with van der Waals surface area (Å²) >= 11 is 0. The maximum atomic E-state index is 13.5. The largest absolute Gasteiger partial charge is 0.748 e. The molecule has 0 saturated carbocycles. The summed E-state index contributed by atoms with van der Waals surface area (Å²) < 4.78 is 81.1. The van der Waals surface area contributed by atoms with Crippen LogP contribution in [0.2, 0.25) is 0 Å². The van der Waals surface area contributed by atoms with E-state index in [1.807, 2.05) is 0 Å². The van der Waals surface area contributed by atoms with E-state index in [-0.39, 0.29) is 17.1 Å². The average molecular weight is 549 g/mol. The Morgan fingerprint density at radius 2 is 1.68 bits per heavy atom. The molecule has 0 aromatic heterocycles. The van der Waals surface area contributed by atoms with Crippen LogP contribution in [-0.4, -0.2) is 50.3 Å². The number of methoxy groups -OCH3 is 1. The number of carbonyl (C=O) groups excluding carboxylic acids is 1. The van der Waals surface area contributed by atoms with Gasteiger partial charge in [0.05, 0.1) is 23.0 Å². The van der Waals surface area contributed by atoms with Crippen LogP contribution in [0.3, 0.4) is 0 Å². The standard InChI is InChI=1S/C25H22F3N3O6S/c1-31-22(32)24(30-23(31)29,18-6-8-20(9-7-18)37-25(26,27)28)19-5-3-4-16(12-19)17-10-15(14-38(33,34)35)11-21(13-17)36-2/h3-13H,14H2,1-2H3,(H2,29,30)(H,33,34,35)/p-1. The fourth-order valence-electron chi connectivity index (χ4n) is 4.24. The smallest absolute Gasteiger partial charge is 0.573 e. The number of benzene rings is 3. The van der Waals surface area contributed by atoms with E-state index < -0.39 is 39.4 Å². The zero-order chi connectivity index (χ0) is 27.9. The molecule has 0 spiro atoms. The first-order chi connectivity index (χ1) is 17.7. The highest BCUT2D eigenvalue weighted by Crippen LogP contribution is 2.41. The van der Waals surface area contributed by atoms with Crippen LogP contribution in [0.1, 0.15) is 16.7 Å². The fourth-order valence-corrected chi connectivity index (χ4v) is 4.81. The van der Waals surface area contributed by atoms with E-state index in [2.05, 4.69) is 9.73 Å². The summed E-state index contributed by atoms with van der Waals surface area (Å²) in [5.74, 6) is -1.56. The number of likely N-dealkylation sites (N-methyl/N-ethyl adjacent to an activating group) is 1. The highest BCUT2D eigenvalue weighted by atomic mass is 32.2. The van der Waals surface area contributed by atoms with E-state index in [4.69, 9.17) is 10.5 Å². The number of nitrogens with two attached hydrogens (primary N) is 1. The lowest BCUT2D eigenvalue weighted by Crippen LogP contribution is -2.41. The van der Waals surface area contributed by atoms with Crippen LogP contribution < -0.4 is 15.2 Å². The molecule has 0 fully saturated rings. The van der Waals surface area contributed by atoms with Crippen molar-refractivity contribution < 1.29 is 40.4 Å². The number of rotatable bonds is 7. The molecule has 0 bridgehead atoms. The van der Waals surface area contributed by atoms with E-state index in [0.29, 0.717) is 22.4 Å². The molecule has 0 aliphatic carbocycles. The minimum Gasteiger partial charge on any atom is -0.748 e. The number of hydrogen-bond donors (Lipinski definition) is 1. The number of guanidine groups is 1. The van der Waals surface area contributed by atoms with Gasteiger partial charge in [0.15, 0.2) is 11.5 Å². The highest BCUT2D eigenvalue weighted by molar-refractivity contribution is 7.84. The quantitative estimate of drug-likeness (QED) is 0.448. The summed E-state index contributed by atoms with van der Waals surface area (Å²) in [5, 5.41) is 0. The Kier molecular flexibility index (Phi) is 6.84. The zero-order valence-corrected chi connectivity index (χ0v) is 20.8. The van der Waals surface area contributed by atoms with Crippen molar-refractivity contribution >= 4 is 22.0 Å². The van der Waals surface area contributed by atoms with Gasteiger partial charge in [-0.3, -0.25) is 9.69 Å². The number of halogens is 3. The van der Waals surface area contributed by atoms with Crippen molar-refractivity contribution in [3.63, 3.8) is 0 Å². The number of carbonyl (C=O) groups is 1. The molecule has 13 heteroatoms. The first-order valence-electron chi connectivity index (χ1n) is 10.9. The van der Waals surface area contributed by atoms with Crippen LogP contribution in [0.5, 0.6) is 11.5 Å². The number of alkyl halides is 3. The molecule has 9 nitrogen and oxygen atoms in total. The predicted molar refractivity (Wildman–Crippen MR) is 130 cm³/mol. The molecular formula is C25H21F3N3O6S-. The Morgan fingerprint density at radius 3 is 2.24 bits per heavy atom. The zero-order valence-electron chi connectivity index (χ0n) is 20.0. The molecule has 1 aliphatic rings. The van der Waals surface area contributed by atoms with E-state index in [0.717, 1.165) is 17.0 Å². The Hall–Kier alpha value is -4.10. The monoisotopic (exact) mass is 548 g/mol. The number of hydrogen-bond acceptors (Lipinski definition) is 8. The lowest BCUT2D eigenvalue weighted by atomic mass is 9.81. The number of ether oxygens (including phenoxy) is 2. The van der Waals surface area contributed by atoms with Crippen molar-refractivity contribution in [3.8, 4) is 22.6 Å². The van der Waals surface area contributed by atoms with Crippen molar-refractivity contribution in [2.45, 2.75) is 17.7 Å². The minimum absolute atomic E-state index is 0.0969. The van der Waals surface area contributed by atoms with Crippen LogP contribution in [0, 0.1) is 0 Å². The summed E-state index contributed by atoms with van der Waals surface area (Å²) in [6, 6.07) is 15.9. The third-order valence-corrected chi connectivity index (χ3v) is 6.59. The van der Waals surface area contributed by atoms with Gasteiger partial charge in [0.25, 0.3) is 5.91 Å². The van der Waals surface area contributed by atoms with Gasteiger partial charge in [-0.15, -0.1) is 13.2 Å². The molecule has 3 aromatic carbocycles. The second-order valence-corrected chi connectivity index (χ2v) is 9.87. The number of aliphatic imine (C=N–C) groups is 1. The molecule has 200 valence electrons. The molecule has 4 rings (SSSR count). The number of amides is 1. The van der Waals surface area contributed by atoms with Crippen molar-refractivity contribution in [2.24, 2.45) is 10.7 Å². The van der Waals surface area contributed by atoms with E-state index >= 15 is 0 Å². The summed E-state index contributed by atoms with van der Waals surface area (Å²) in [6.07, 6.45) is -4.89. The third-order valence-electron chi connectivity index (χ3n) is 5.90. The number of nitrogens with zero attached hydrogens (tertiary/aromatic N) is 2. The molecule has 1 amide bonds. The van der Waals surface area contributed by atoms with Crippen molar-refractivity contribution in [3.05, 3.63) is 83.4 Å². The second-order valence-electron chi connectivity index (χ2n) is 8.47. The minimum atomic E-state index is -4.89. The Morgan fingerprint density at radius 1 is 1.00 bits per heavy atom. The molecule has 3 aromatic rings. The molecule has 1 unspecified atom stereocenters. The molecule has 1 heterocycles. The van der Waals surface area contributed by atoms with Gasteiger partial charge in [0, 0.05) is 7.05 Å². The molecule has 1 aliphatic heterocycles. The summed E-state index contributed by atoms with van der Waals surface area (Å²) in [7, 11) is -1.76. The van der Waals surface area contributed by atoms with Gasteiger partial charge in [-0.1, -0.05) is 30.3 Å². The van der Waals surface area contributed by atoms with Gasteiger partial charge in [-0.25, -0.2) is 13.4 Å². The fraction of sp³-hybridized carbons (Fsp3) is 0.200. The average Bonchev–Trinajstić information content (AvgIpc) is 3.07. The molecule has 1 atom stereocenters. The molecule has 0 saturated heterocycles. The first kappa shape index (κ1) is 26.9. The Bertz CT molecular complexity index is 1520. The van der Waals surface area contributed by atoms with E-state index in [1.54, 1.807) is 30.3 Å². The summed E-state index contributed by atoms with van der Waals surface area (Å²) in [5.41, 5.74) is 6.07. The topological polar surface area (TPSA) is 134 Å². The SMILES string of the molecule is COc1cc(CS(=O)(=O)[O-])cc(-c2cccc(C3(c4ccc(OC(F)(F)F)cc4)N=C(N)N(C)C3=O)c2)c1. The van der Waals surface area contributed by atoms with Crippen molar-refractivity contribution in [2.75, 3.05) is 14.2 Å². The molecule has 38 heavy (non-hydrogen) atoms. The van der Waals surface area contributed by atoms with Crippen LogP contribution >= 0.6 is 0 Å². The second kappa shape index (κ2) is 9.65. The molecule has 2 N–H and O–H groups in total. The van der Waals surface area contributed by atoms with Gasteiger partial charge >= 0.3 is 6.36 Å². The third kappa shape index (κ3) is 5.43. The highest BCUT2D eigenvalue weighted by Gasteiger charge is 2.49. The summed E-state index contributed by atoms with van der Waals surface area (Å²) in [4.78, 5) is 19.1. The maximum Gasteiger partial charge on any atom is 0.573 e. The van der Waals surface area contributed by atoms with Gasteiger partial charge in [-0.05, 0) is 64.2 Å². The Labute approximate surface area is 216 Å². The van der Waals surface area contributed by atoms with Crippen LogP contribution in [0.25, 0.3) is 11.1 Å². The normalized spacial score (nSPS) is 17.9. The van der Waals surface area contributed by atoms with E-state index in [9.17, 15) is 30.9 Å². The van der Waals surface area contributed by atoms with Crippen LogP contribution in [-0.2, 0) is 26.2 Å². The van der Waals surface area contributed by atoms with E-state index in [1.165, 1.54) is 38.4 Å². The molecular weight excluding hydrogens is 527 g/mol. The first-order valence-corrected chi connectivity index (χ1v) is 12.5.